The van der Waals surface area contributed by atoms with Crippen LogP contribution in [0.4, 0.5) is 5.82 Å². The summed E-state index contributed by atoms with van der Waals surface area (Å²) in [5.74, 6) is 1.59. The zero-order valence-corrected chi connectivity index (χ0v) is 13.6. The van der Waals surface area contributed by atoms with Crippen molar-refractivity contribution in [1.29, 1.82) is 0 Å². The second-order valence-electron chi connectivity index (χ2n) is 4.89. The Morgan fingerprint density at radius 2 is 1.81 bits per heavy atom. The molecular weight excluding hydrogens is 326 g/mol. The first-order chi connectivity index (χ1) is 10.2. The van der Waals surface area contributed by atoms with Gasteiger partial charge in [0.25, 0.3) is 0 Å². The fourth-order valence-corrected chi connectivity index (χ4v) is 2.62. The van der Waals surface area contributed by atoms with Gasteiger partial charge in [0.2, 0.25) is 0 Å². The minimum atomic E-state index is 0.748. The van der Waals surface area contributed by atoms with Gasteiger partial charge in [0.15, 0.2) is 5.82 Å². The monoisotopic (exact) mass is 341 g/mol. The van der Waals surface area contributed by atoms with Gasteiger partial charge in [-0.15, -0.1) is 0 Å². The van der Waals surface area contributed by atoms with Crippen molar-refractivity contribution in [2.24, 2.45) is 0 Å². The Balaban J connectivity index is 2.13. The first-order valence-corrected chi connectivity index (χ1v) is 7.75. The Morgan fingerprint density at radius 3 is 2.57 bits per heavy atom. The van der Waals surface area contributed by atoms with Gasteiger partial charge in [0.1, 0.15) is 5.82 Å². The second-order valence-corrected chi connectivity index (χ2v) is 5.68. The first kappa shape index (κ1) is 14.0. The zero-order valence-electron chi connectivity index (χ0n) is 12.0. The van der Waals surface area contributed by atoms with Crippen LogP contribution in [0.15, 0.2) is 46.9 Å². The number of anilines is 1. The summed E-state index contributed by atoms with van der Waals surface area (Å²) in [6.07, 6.45) is 0. The maximum atomic E-state index is 4.63. The number of hydrogen-bond acceptors (Lipinski definition) is 3. The summed E-state index contributed by atoms with van der Waals surface area (Å²) in [7, 11) is 0. The van der Waals surface area contributed by atoms with Crippen LogP contribution in [0.1, 0.15) is 12.6 Å². The quantitative estimate of drug-likeness (QED) is 0.743. The van der Waals surface area contributed by atoms with E-state index < -0.39 is 0 Å². The molecule has 0 fully saturated rings. The van der Waals surface area contributed by atoms with Crippen LogP contribution in [-0.4, -0.2) is 16.5 Å². The minimum absolute atomic E-state index is 0.748. The number of benzene rings is 2. The molecule has 2 aromatic carbocycles. The van der Waals surface area contributed by atoms with E-state index in [0.29, 0.717) is 0 Å². The Kier molecular flexibility index (Phi) is 3.88. The number of fused-ring (bicyclic) bond motifs is 1. The van der Waals surface area contributed by atoms with Gasteiger partial charge in [0.05, 0.1) is 10.2 Å². The number of aromatic nitrogens is 2. The molecule has 0 aliphatic rings. The Labute approximate surface area is 132 Å². The lowest BCUT2D eigenvalue weighted by Crippen LogP contribution is -2.04. The molecule has 0 saturated heterocycles. The van der Waals surface area contributed by atoms with Crippen LogP contribution in [0, 0.1) is 6.92 Å². The first-order valence-electron chi connectivity index (χ1n) is 6.96. The lowest BCUT2D eigenvalue weighted by atomic mass is 10.1. The topological polar surface area (TPSA) is 37.8 Å². The van der Waals surface area contributed by atoms with Gasteiger partial charge in [-0.1, -0.05) is 36.4 Å². The van der Waals surface area contributed by atoms with Crippen molar-refractivity contribution in [3.8, 4) is 11.4 Å². The maximum absolute atomic E-state index is 4.63. The normalized spacial score (nSPS) is 10.8. The van der Waals surface area contributed by atoms with Crippen molar-refractivity contribution in [3.05, 3.63) is 52.6 Å². The molecule has 21 heavy (non-hydrogen) atoms. The molecule has 0 aliphatic carbocycles. The molecule has 3 rings (SSSR count). The highest BCUT2D eigenvalue weighted by Crippen LogP contribution is 2.28. The van der Waals surface area contributed by atoms with E-state index in [1.807, 2.05) is 19.1 Å². The Hall–Kier alpha value is -1.94. The van der Waals surface area contributed by atoms with E-state index in [-0.39, 0.29) is 0 Å². The highest BCUT2D eigenvalue weighted by Gasteiger charge is 2.10. The Morgan fingerprint density at radius 1 is 1.05 bits per heavy atom. The van der Waals surface area contributed by atoms with E-state index in [4.69, 9.17) is 0 Å². The minimum Gasteiger partial charge on any atom is -0.369 e. The average molecular weight is 342 g/mol. The number of hydrogen-bond donors (Lipinski definition) is 1. The van der Waals surface area contributed by atoms with Crippen molar-refractivity contribution in [1.82, 2.24) is 9.97 Å². The number of aryl methyl sites for hydroxylation is 1. The van der Waals surface area contributed by atoms with Crippen molar-refractivity contribution < 1.29 is 0 Å². The van der Waals surface area contributed by atoms with Gasteiger partial charge in [-0.25, -0.2) is 9.97 Å². The maximum Gasteiger partial charge on any atom is 0.161 e. The molecule has 1 heterocycles. The smallest absolute Gasteiger partial charge is 0.161 e. The molecule has 0 aliphatic heterocycles. The molecule has 0 bridgehead atoms. The van der Waals surface area contributed by atoms with Gasteiger partial charge in [0, 0.05) is 12.1 Å². The number of rotatable bonds is 3. The molecule has 4 heteroatoms. The molecule has 3 nitrogen and oxygen atoms in total. The van der Waals surface area contributed by atoms with Crippen LogP contribution < -0.4 is 5.32 Å². The van der Waals surface area contributed by atoms with Gasteiger partial charge < -0.3 is 5.32 Å². The van der Waals surface area contributed by atoms with Crippen LogP contribution in [0.2, 0.25) is 0 Å². The summed E-state index contributed by atoms with van der Waals surface area (Å²) >= 11 is 3.54. The van der Waals surface area contributed by atoms with Gasteiger partial charge in [-0.3, -0.25) is 0 Å². The summed E-state index contributed by atoms with van der Waals surface area (Å²) in [4.78, 5) is 9.23. The van der Waals surface area contributed by atoms with Crippen molar-refractivity contribution in [3.63, 3.8) is 0 Å². The molecule has 0 unspecified atom stereocenters. The third-order valence-corrected chi connectivity index (χ3v) is 4.32. The van der Waals surface area contributed by atoms with Crippen molar-refractivity contribution in [2.45, 2.75) is 13.8 Å². The summed E-state index contributed by atoms with van der Waals surface area (Å²) in [6, 6.07) is 14.6. The predicted octanol–water partition coefficient (Wildman–Crippen LogP) is 4.80. The molecule has 1 aromatic heterocycles. The van der Waals surface area contributed by atoms with E-state index in [1.54, 1.807) is 0 Å². The van der Waals surface area contributed by atoms with Gasteiger partial charge in [-0.2, -0.15) is 0 Å². The highest BCUT2D eigenvalue weighted by atomic mass is 79.9. The molecule has 0 spiro atoms. The molecule has 0 saturated carbocycles. The van der Waals surface area contributed by atoms with Crippen molar-refractivity contribution in [2.75, 3.05) is 11.9 Å². The summed E-state index contributed by atoms with van der Waals surface area (Å²) in [5, 5.41) is 5.69. The van der Waals surface area contributed by atoms with E-state index in [9.17, 15) is 0 Å². The van der Waals surface area contributed by atoms with E-state index in [1.165, 1.54) is 10.8 Å². The van der Waals surface area contributed by atoms with E-state index in [0.717, 1.165) is 33.9 Å². The second kappa shape index (κ2) is 5.82. The van der Waals surface area contributed by atoms with Crippen LogP contribution >= 0.6 is 15.9 Å². The van der Waals surface area contributed by atoms with E-state index in [2.05, 4.69) is 68.5 Å². The van der Waals surface area contributed by atoms with Crippen LogP contribution in [-0.2, 0) is 0 Å². The third kappa shape index (κ3) is 2.76. The lowest BCUT2D eigenvalue weighted by molar-refractivity contribution is 1.06. The van der Waals surface area contributed by atoms with Crippen LogP contribution in [0.25, 0.3) is 22.2 Å². The standard InChI is InChI=1S/C17H16BrN3/c1-3-19-17-15(18)11(2)20-16(21-17)14-9-8-12-6-4-5-7-13(12)10-14/h4-10H,3H2,1-2H3,(H,19,20,21). The fraction of sp³-hybridized carbons (Fsp3) is 0.176. The third-order valence-electron chi connectivity index (χ3n) is 3.37. The molecular formula is C17H16BrN3. The molecule has 0 amide bonds. The molecule has 3 aromatic rings. The zero-order chi connectivity index (χ0) is 14.8. The highest BCUT2D eigenvalue weighted by molar-refractivity contribution is 9.10. The average Bonchev–Trinajstić information content (AvgIpc) is 2.51. The van der Waals surface area contributed by atoms with Gasteiger partial charge in [-0.05, 0) is 46.6 Å². The fourth-order valence-electron chi connectivity index (χ4n) is 2.30. The van der Waals surface area contributed by atoms with Crippen LogP contribution in [0.5, 0.6) is 0 Å². The van der Waals surface area contributed by atoms with E-state index >= 15 is 0 Å². The van der Waals surface area contributed by atoms with Gasteiger partial charge >= 0.3 is 0 Å². The summed E-state index contributed by atoms with van der Waals surface area (Å²) in [6.45, 7) is 4.86. The summed E-state index contributed by atoms with van der Waals surface area (Å²) < 4.78 is 0.925. The molecule has 106 valence electrons. The molecule has 1 N–H and O–H groups in total. The number of halogens is 1. The lowest BCUT2D eigenvalue weighted by Gasteiger charge is -2.10. The number of nitrogens with one attached hydrogen (secondary N) is 1. The van der Waals surface area contributed by atoms with Crippen molar-refractivity contribution >= 4 is 32.5 Å². The Bertz CT molecular complexity index is 799. The van der Waals surface area contributed by atoms with Crippen LogP contribution in [0.3, 0.4) is 0 Å². The molecule has 0 radical (unpaired) electrons. The predicted molar refractivity (Wildman–Crippen MR) is 91.6 cm³/mol. The largest absolute Gasteiger partial charge is 0.369 e. The SMILES string of the molecule is CCNc1nc(-c2ccc3ccccc3c2)nc(C)c1Br. The number of nitrogens with zero attached hydrogens (tertiary/aromatic N) is 2. The summed E-state index contributed by atoms with van der Waals surface area (Å²) in [5.41, 5.74) is 1.97. The molecule has 0 atom stereocenters.